The van der Waals surface area contributed by atoms with Crippen molar-refractivity contribution >= 4 is 0 Å². The number of hydrogen-bond donors (Lipinski definition) is 1. The first-order valence-electron chi connectivity index (χ1n) is 7.79. The number of hydrogen-bond acceptors (Lipinski definition) is 3. The third-order valence-corrected chi connectivity index (χ3v) is 3.70. The Morgan fingerprint density at radius 2 is 1.82 bits per heavy atom. The number of rotatable bonds is 7. The van der Waals surface area contributed by atoms with Crippen molar-refractivity contribution in [1.82, 2.24) is 9.88 Å². The van der Waals surface area contributed by atoms with Gasteiger partial charge in [0.1, 0.15) is 5.75 Å². The van der Waals surface area contributed by atoms with Crippen molar-refractivity contribution in [3.63, 3.8) is 0 Å². The van der Waals surface area contributed by atoms with Crippen molar-refractivity contribution in [3.8, 4) is 17.0 Å². The van der Waals surface area contributed by atoms with Crippen LogP contribution in [0.1, 0.15) is 25.8 Å². The molecule has 118 valence electrons. The number of benzene rings is 1. The van der Waals surface area contributed by atoms with Crippen molar-refractivity contribution in [1.29, 1.82) is 0 Å². The molecule has 1 aromatic heterocycles. The summed E-state index contributed by atoms with van der Waals surface area (Å²) in [6.45, 7) is 6.31. The Morgan fingerprint density at radius 3 is 2.41 bits per heavy atom. The second-order valence-electron chi connectivity index (χ2n) is 5.20. The van der Waals surface area contributed by atoms with Crippen LogP contribution in [0.25, 0.3) is 11.3 Å². The smallest absolute Gasteiger partial charge is 0.255 e. The molecule has 4 heteroatoms. The van der Waals surface area contributed by atoms with Crippen LogP contribution in [-0.2, 0) is 13.1 Å². The van der Waals surface area contributed by atoms with E-state index in [0.29, 0.717) is 13.1 Å². The average Bonchev–Trinajstić information content (AvgIpc) is 2.56. The van der Waals surface area contributed by atoms with E-state index in [1.165, 1.54) is 0 Å². The van der Waals surface area contributed by atoms with Gasteiger partial charge in [0.2, 0.25) is 0 Å². The summed E-state index contributed by atoms with van der Waals surface area (Å²) in [4.78, 5) is 12.6. The summed E-state index contributed by atoms with van der Waals surface area (Å²) in [6, 6.07) is 11.7. The summed E-state index contributed by atoms with van der Waals surface area (Å²) in [5, 5.41) is 3.29. The highest BCUT2D eigenvalue weighted by Crippen LogP contribution is 2.21. The fraction of sp³-hybridized carbons (Fsp3) is 0.389. The molecule has 0 amide bonds. The maximum atomic E-state index is 12.6. The van der Waals surface area contributed by atoms with Gasteiger partial charge in [-0.05, 0) is 55.8 Å². The monoisotopic (exact) mass is 300 g/mol. The van der Waals surface area contributed by atoms with Gasteiger partial charge in [-0.3, -0.25) is 4.79 Å². The lowest BCUT2D eigenvalue weighted by Gasteiger charge is -2.14. The zero-order valence-electron chi connectivity index (χ0n) is 13.6. The molecule has 0 aliphatic rings. The Morgan fingerprint density at radius 1 is 1.09 bits per heavy atom. The third kappa shape index (κ3) is 3.57. The number of methoxy groups -OCH3 is 1. The van der Waals surface area contributed by atoms with Crippen LogP contribution in [-0.4, -0.2) is 18.2 Å². The van der Waals surface area contributed by atoms with Crippen LogP contribution in [0.3, 0.4) is 0 Å². The van der Waals surface area contributed by atoms with Crippen LogP contribution in [0, 0.1) is 0 Å². The summed E-state index contributed by atoms with van der Waals surface area (Å²) >= 11 is 0. The summed E-state index contributed by atoms with van der Waals surface area (Å²) in [5.41, 5.74) is 2.86. The SMILES string of the molecule is CCCNCc1ccc(-c2ccc(OC)cc2)n(CC)c1=O. The lowest BCUT2D eigenvalue weighted by molar-refractivity contribution is 0.415. The molecule has 0 aliphatic carbocycles. The number of nitrogens with one attached hydrogen (secondary N) is 1. The summed E-state index contributed by atoms with van der Waals surface area (Å²) in [6.07, 6.45) is 1.06. The Kier molecular flexibility index (Phi) is 5.78. The minimum absolute atomic E-state index is 0.0828. The molecule has 2 rings (SSSR count). The maximum absolute atomic E-state index is 12.6. The molecule has 0 radical (unpaired) electrons. The second-order valence-corrected chi connectivity index (χ2v) is 5.20. The molecule has 0 aliphatic heterocycles. The van der Waals surface area contributed by atoms with Crippen molar-refractivity contribution in [2.45, 2.75) is 33.4 Å². The lowest BCUT2D eigenvalue weighted by Crippen LogP contribution is -2.28. The van der Waals surface area contributed by atoms with Crippen LogP contribution < -0.4 is 15.6 Å². The van der Waals surface area contributed by atoms with Gasteiger partial charge < -0.3 is 14.6 Å². The molecule has 1 heterocycles. The minimum atomic E-state index is 0.0828. The average molecular weight is 300 g/mol. The second kappa shape index (κ2) is 7.80. The third-order valence-electron chi connectivity index (χ3n) is 3.70. The van der Waals surface area contributed by atoms with Crippen LogP contribution in [0.2, 0.25) is 0 Å². The van der Waals surface area contributed by atoms with E-state index < -0.39 is 0 Å². The van der Waals surface area contributed by atoms with E-state index in [1.54, 1.807) is 7.11 Å². The quantitative estimate of drug-likeness (QED) is 0.799. The van der Waals surface area contributed by atoms with Gasteiger partial charge in [0.05, 0.1) is 12.8 Å². The van der Waals surface area contributed by atoms with Gasteiger partial charge in [-0.2, -0.15) is 0 Å². The van der Waals surface area contributed by atoms with Crippen molar-refractivity contribution < 1.29 is 4.74 Å². The Bertz CT molecular complexity index is 660. The molecular formula is C18H24N2O2. The predicted octanol–water partition coefficient (Wildman–Crippen LogP) is 3.04. The van der Waals surface area contributed by atoms with Crippen LogP contribution in [0.5, 0.6) is 5.75 Å². The topological polar surface area (TPSA) is 43.3 Å². The van der Waals surface area contributed by atoms with E-state index >= 15 is 0 Å². The number of aromatic nitrogens is 1. The fourth-order valence-electron chi connectivity index (χ4n) is 2.49. The largest absolute Gasteiger partial charge is 0.497 e. The summed E-state index contributed by atoms with van der Waals surface area (Å²) < 4.78 is 7.01. The molecule has 0 atom stereocenters. The first-order valence-corrected chi connectivity index (χ1v) is 7.79. The molecule has 22 heavy (non-hydrogen) atoms. The zero-order chi connectivity index (χ0) is 15.9. The van der Waals surface area contributed by atoms with Crippen molar-refractivity contribution in [2.75, 3.05) is 13.7 Å². The highest BCUT2D eigenvalue weighted by molar-refractivity contribution is 5.61. The number of ether oxygens (including phenoxy) is 1. The Balaban J connectivity index is 2.35. The van der Waals surface area contributed by atoms with Gasteiger partial charge in [-0.25, -0.2) is 0 Å². The first kappa shape index (κ1) is 16.3. The fourth-order valence-corrected chi connectivity index (χ4v) is 2.49. The van der Waals surface area contributed by atoms with Gasteiger partial charge in [-0.15, -0.1) is 0 Å². The van der Waals surface area contributed by atoms with E-state index in [1.807, 2.05) is 47.9 Å². The predicted molar refractivity (Wildman–Crippen MR) is 90.4 cm³/mol. The Hall–Kier alpha value is -2.07. The van der Waals surface area contributed by atoms with Crippen molar-refractivity contribution in [2.24, 2.45) is 0 Å². The van der Waals surface area contributed by atoms with E-state index in [0.717, 1.165) is 35.5 Å². The van der Waals surface area contributed by atoms with Gasteiger partial charge in [-0.1, -0.05) is 13.0 Å². The van der Waals surface area contributed by atoms with E-state index in [4.69, 9.17) is 4.74 Å². The molecule has 0 spiro atoms. The summed E-state index contributed by atoms with van der Waals surface area (Å²) in [7, 11) is 1.65. The highest BCUT2D eigenvalue weighted by Gasteiger charge is 2.09. The highest BCUT2D eigenvalue weighted by atomic mass is 16.5. The molecule has 0 saturated carbocycles. The van der Waals surface area contributed by atoms with Gasteiger partial charge >= 0.3 is 0 Å². The molecule has 1 N–H and O–H groups in total. The molecular weight excluding hydrogens is 276 g/mol. The first-order chi connectivity index (χ1) is 10.7. The van der Waals surface area contributed by atoms with E-state index in [9.17, 15) is 4.79 Å². The zero-order valence-corrected chi connectivity index (χ0v) is 13.6. The van der Waals surface area contributed by atoms with Gasteiger partial charge in [0.25, 0.3) is 5.56 Å². The van der Waals surface area contributed by atoms with Gasteiger partial charge in [0, 0.05) is 18.7 Å². The van der Waals surface area contributed by atoms with Crippen LogP contribution in [0.15, 0.2) is 41.2 Å². The minimum Gasteiger partial charge on any atom is -0.497 e. The van der Waals surface area contributed by atoms with Crippen molar-refractivity contribution in [3.05, 3.63) is 52.3 Å². The van der Waals surface area contributed by atoms with E-state index in [2.05, 4.69) is 12.2 Å². The lowest BCUT2D eigenvalue weighted by atomic mass is 10.1. The maximum Gasteiger partial charge on any atom is 0.255 e. The molecule has 4 nitrogen and oxygen atoms in total. The Labute approximate surface area is 131 Å². The molecule has 0 fully saturated rings. The standard InChI is InChI=1S/C18H24N2O2/c1-4-12-19-13-15-8-11-17(20(5-2)18(15)21)14-6-9-16(22-3)10-7-14/h6-11,19H,4-5,12-13H2,1-3H3. The summed E-state index contributed by atoms with van der Waals surface area (Å²) in [5.74, 6) is 0.814. The van der Waals surface area contributed by atoms with E-state index in [-0.39, 0.29) is 5.56 Å². The molecule has 0 unspecified atom stereocenters. The molecule has 0 bridgehead atoms. The van der Waals surface area contributed by atoms with Crippen LogP contribution >= 0.6 is 0 Å². The molecule has 0 saturated heterocycles. The molecule has 2 aromatic rings. The number of nitrogens with zero attached hydrogens (tertiary/aromatic N) is 1. The molecule has 1 aromatic carbocycles. The van der Waals surface area contributed by atoms with Crippen LogP contribution in [0.4, 0.5) is 0 Å². The number of pyridine rings is 1. The van der Waals surface area contributed by atoms with Gasteiger partial charge in [0.15, 0.2) is 0 Å². The normalized spacial score (nSPS) is 10.7.